The number of halogens is 2. The molecule has 9 aliphatic rings. The Morgan fingerprint density at radius 2 is 1.53 bits per heavy atom. The van der Waals surface area contributed by atoms with Crippen molar-refractivity contribution in [1.29, 1.82) is 0 Å². The van der Waals surface area contributed by atoms with Crippen molar-refractivity contribution in [1.82, 2.24) is 0 Å². The van der Waals surface area contributed by atoms with Crippen LogP contribution in [0.25, 0.3) is 11.1 Å². The molecule has 1 aromatic heterocycles. The molecule has 15 heteroatoms. The van der Waals surface area contributed by atoms with Crippen LogP contribution in [-0.2, 0) is 35.1 Å². The van der Waals surface area contributed by atoms with E-state index in [0.29, 0.717) is 32.1 Å². The fourth-order valence-corrected chi connectivity index (χ4v) is 18.6. The number of fused-ring (bicyclic) bond motifs is 13. The first-order chi connectivity index (χ1) is 37.3. The van der Waals surface area contributed by atoms with Crippen molar-refractivity contribution < 1.29 is 58.3 Å². The van der Waals surface area contributed by atoms with E-state index in [1.807, 2.05) is 58.0 Å². The van der Waals surface area contributed by atoms with Gasteiger partial charge in [0.1, 0.15) is 12.2 Å². The molecule has 13 nitrogen and oxygen atoms in total. The molecule has 6 fully saturated rings. The first kappa shape index (κ1) is 57.0. The van der Waals surface area contributed by atoms with Crippen LogP contribution >= 0.6 is 23.2 Å². The zero-order chi connectivity index (χ0) is 57.0. The SMILES string of the molecule is CC(=O)Nc1cccc2c1-c1ccccc1C2.C[C@@H]1C[C@H]2[C@@H]3CCC4=CC(=O)C=C[C@]4(C)[C@@]3(Cl)[C@@H](O)C[C@]2(C)[C@@]1(OC(=O)c1ccco1)C(=O)CCl.C[C@H]1C[C@@H]2[C@H]([C@@H](O)C[C@@]3(C)[C@H]2CC[C@]3(O)C(=O)CO)[C@@]2(C)C=CC(=O)C=C12. The number of aliphatic hydroxyl groups excluding tert-OH is 3. The number of aliphatic hydroxyl groups is 4. The predicted octanol–water partition coefficient (Wildman–Crippen LogP) is 9.89. The van der Waals surface area contributed by atoms with Crippen molar-refractivity contribution in [3.8, 4) is 11.1 Å². The molecule has 6 saturated carbocycles. The van der Waals surface area contributed by atoms with Gasteiger partial charge in [-0.2, -0.15) is 0 Å². The molecule has 420 valence electrons. The molecule has 3 aromatic rings. The summed E-state index contributed by atoms with van der Waals surface area (Å²) in [5.74, 6) is -2.22. The largest absolute Gasteiger partial charge is 0.457 e. The minimum Gasteiger partial charge on any atom is -0.457 e. The van der Waals surface area contributed by atoms with Crippen LogP contribution in [0.3, 0.4) is 0 Å². The number of hydrogen-bond acceptors (Lipinski definition) is 12. The van der Waals surface area contributed by atoms with Gasteiger partial charge < -0.3 is 34.9 Å². The molecule has 0 bridgehead atoms. The Balaban J connectivity index is 0.000000142. The van der Waals surface area contributed by atoms with Crippen LogP contribution in [-0.4, -0.2) is 96.2 Å². The highest BCUT2D eigenvalue weighted by atomic mass is 35.5. The van der Waals surface area contributed by atoms with Gasteiger partial charge in [0.25, 0.3) is 0 Å². The van der Waals surface area contributed by atoms with Gasteiger partial charge in [-0.1, -0.05) is 101 Å². The molecule has 1 amide bonds. The average Bonchev–Trinajstić information content (AvgIpc) is 3.20. The number of Topliss-reactive ketones (excluding diaryl/α,β-unsaturated/α-hetero) is 2. The van der Waals surface area contributed by atoms with Crippen LogP contribution in [0.5, 0.6) is 0 Å². The summed E-state index contributed by atoms with van der Waals surface area (Å²) in [5.41, 5.74) is 2.17. The second-order valence-electron chi connectivity index (χ2n) is 25.1. The highest BCUT2D eigenvalue weighted by molar-refractivity contribution is 6.29. The number of allylic oxidation sites excluding steroid dienone is 8. The number of furan rings is 1. The summed E-state index contributed by atoms with van der Waals surface area (Å²) in [4.78, 5) is 73.3. The summed E-state index contributed by atoms with van der Waals surface area (Å²) in [6.07, 6.45) is 15.3. The van der Waals surface area contributed by atoms with Crippen molar-refractivity contribution in [2.24, 2.45) is 63.1 Å². The Morgan fingerprint density at radius 3 is 2.23 bits per heavy atom. The van der Waals surface area contributed by atoms with Gasteiger partial charge in [0.2, 0.25) is 11.7 Å². The number of rotatable bonds is 7. The molecule has 79 heavy (non-hydrogen) atoms. The summed E-state index contributed by atoms with van der Waals surface area (Å²) in [6, 6.07) is 17.5. The van der Waals surface area contributed by atoms with Crippen LogP contribution in [0.1, 0.15) is 122 Å². The number of nitrogens with one attached hydrogen (secondary N) is 1. The Bertz CT molecular complexity index is 3140. The lowest BCUT2D eigenvalue weighted by Gasteiger charge is -2.64. The van der Waals surface area contributed by atoms with Gasteiger partial charge >= 0.3 is 5.97 Å². The number of alkyl halides is 2. The first-order valence-corrected chi connectivity index (χ1v) is 28.9. The number of hydrogen-bond donors (Lipinski definition) is 5. The third kappa shape index (κ3) is 8.43. The number of benzene rings is 2. The zero-order valence-electron chi connectivity index (χ0n) is 46.0. The van der Waals surface area contributed by atoms with Gasteiger partial charge in [0, 0.05) is 51.7 Å². The Kier molecular flexibility index (Phi) is 14.6. The summed E-state index contributed by atoms with van der Waals surface area (Å²) in [6.45, 7) is 12.8. The number of anilines is 1. The van der Waals surface area contributed by atoms with E-state index < -0.39 is 62.9 Å². The first-order valence-electron chi connectivity index (χ1n) is 27.9. The number of carbonyl (C=O) groups excluding carboxylic acids is 6. The molecule has 0 unspecified atom stereocenters. The zero-order valence-corrected chi connectivity index (χ0v) is 47.5. The molecule has 9 aliphatic carbocycles. The molecular weight excluding hydrogens is 1050 g/mol. The van der Waals surface area contributed by atoms with Crippen LogP contribution < -0.4 is 5.32 Å². The second kappa shape index (κ2) is 20.3. The average molecular weight is 1120 g/mol. The molecule has 1 heterocycles. The highest BCUT2D eigenvalue weighted by Gasteiger charge is 2.76. The van der Waals surface area contributed by atoms with Crippen LogP contribution in [0.15, 0.2) is 113 Å². The lowest BCUT2D eigenvalue weighted by molar-refractivity contribution is -0.180. The number of esters is 1. The van der Waals surface area contributed by atoms with Crippen LogP contribution in [0, 0.1) is 63.1 Å². The molecular formula is C64H73Cl2NO12. The fourth-order valence-electron chi connectivity index (χ4n) is 17.9. The van der Waals surface area contributed by atoms with E-state index in [1.165, 1.54) is 40.7 Å². The normalized spacial score (nSPS) is 39.6. The predicted molar refractivity (Wildman–Crippen MR) is 299 cm³/mol. The fraction of sp³-hybridized carbons (Fsp3) is 0.531. The maximum Gasteiger partial charge on any atom is 0.375 e. The topological polar surface area (TPSA) is 218 Å². The van der Waals surface area contributed by atoms with E-state index in [-0.39, 0.29) is 88.2 Å². The van der Waals surface area contributed by atoms with Crippen LogP contribution in [0.2, 0.25) is 0 Å². The van der Waals surface area contributed by atoms with Gasteiger partial charge in [-0.15, -0.1) is 23.2 Å². The molecule has 5 N–H and O–H groups in total. The molecule has 0 radical (unpaired) electrons. The van der Waals surface area contributed by atoms with E-state index >= 15 is 0 Å². The van der Waals surface area contributed by atoms with E-state index in [1.54, 1.807) is 31.2 Å². The van der Waals surface area contributed by atoms with Crippen molar-refractivity contribution in [2.45, 2.75) is 135 Å². The number of ether oxygens (including phenoxy) is 1. The maximum absolute atomic E-state index is 13.6. The monoisotopic (exact) mass is 1120 g/mol. The molecule has 16 atom stereocenters. The Hall–Kier alpha value is -5.28. The number of amides is 1. The van der Waals surface area contributed by atoms with Crippen molar-refractivity contribution in [2.75, 3.05) is 17.8 Å². The van der Waals surface area contributed by atoms with Crippen molar-refractivity contribution in [3.05, 3.63) is 125 Å². The Labute approximate surface area is 471 Å². The summed E-state index contributed by atoms with van der Waals surface area (Å²) in [5, 5.41) is 46.5. The molecule has 0 saturated heterocycles. The smallest absolute Gasteiger partial charge is 0.375 e. The van der Waals surface area contributed by atoms with Crippen molar-refractivity contribution >= 4 is 63.9 Å². The van der Waals surface area contributed by atoms with Gasteiger partial charge in [-0.05, 0) is 147 Å². The van der Waals surface area contributed by atoms with E-state index in [4.69, 9.17) is 32.4 Å². The third-order valence-electron chi connectivity index (χ3n) is 21.4. The van der Waals surface area contributed by atoms with Crippen LogP contribution in [0.4, 0.5) is 5.69 Å². The van der Waals surface area contributed by atoms with Gasteiger partial charge in [0.05, 0.1) is 29.2 Å². The third-order valence-corrected chi connectivity index (χ3v) is 22.6. The summed E-state index contributed by atoms with van der Waals surface area (Å²) in [7, 11) is 0. The van der Waals surface area contributed by atoms with E-state index in [0.717, 1.165) is 36.1 Å². The van der Waals surface area contributed by atoms with Gasteiger partial charge in [-0.25, -0.2) is 4.79 Å². The van der Waals surface area contributed by atoms with Gasteiger partial charge in [0.15, 0.2) is 28.7 Å². The summed E-state index contributed by atoms with van der Waals surface area (Å²) < 4.78 is 11.3. The molecule has 12 rings (SSSR count). The van der Waals surface area contributed by atoms with Crippen molar-refractivity contribution in [3.63, 3.8) is 0 Å². The quantitative estimate of drug-likeness (QED) is 0.0863. The Morgan fingerprint density at radius 1 is 0.823 bits per heavy atom. The second-order valence-corrected chi connectivity index (χ2v) is 26.0. The molecule has 0 aliphatic heterocycles. The number of ketones is 4. The highest BCUT2D eigenvalue weighted by Crippen LogP contribution is 2.73. The lowest BCUT2D eigenvalue weighted by Crippen LogP contribution is -2.69. The minimum atomic E-state index is -1.57. The van der Waals surface area contributed by atoms with Gasteiger partial charge in [-0.3, -0.25) is 24.0 Å². The van der Waals surface area contributed by atoms with E-state index in [9.17, 15) is 49.2 Å². The van der Waals surface area contributed by atoms with E-state index in [2.05, 4.69) is 43.4 Å². The molecule has 0 spiro atoms. The standard InChI is InChI=1S/C27H30Cl2O6.C22H30O5.C15H13NO/c1-15-11-19-18-7-6-16-12-17(30)8-9-24(16,2)26(18,29)21(31)13-25(19,3)27(15,22(32)14-28)35-23(33)20-5-4-10-34-20;1-12-8-14-15-5-7-22(27,18(26)11-23)21(15,3)10-17(25)19(14)20(2)6-4-13(24)9-16(12)20;1-10(17)16-14-8-4-6-12-9-11-5-2-3-7-13(11)15(12)14/h4-5,8-10,12,15,18-19,21,31H,6-7,11,13-14H2,1-3H3;4,6,9,12,14-15,17,19,23,25,27H,5,7-8,10-11H2,1-3H3;2-8H,9H2,1H3,(H,16,17)/t15-,18+,19+,21+,24+,25+,26+,27+;12-,14-,15-,17-,19+,20-,21-,22-;/m10./s1. The maximum atomic E-state index is 13.6. The number of carbonyl (C=O) groups is 6. The molecule has 2 aromatic carbocycles. The summed E-state index contributed by atoms with van der Waals surface area (Å²) >= 11 is 13.6. The minimum absolute atomic E-state index is 0.00557. The lowest BCUT2D eigenvalue weighted by atomic mass is 9.45.